The van der Waals surface area contributed by atoms with Crippen LogP contribution in [-0.4, -0.2) is 0 Å². The molecular weight excluding hydrogens is 204 g/mol. The molecule has 0 saturated heterocycles. The van der Waals surface area contributed by atoms with Gasteiger partial charge in [0.2, 0.25) is 0 Å². The summed E-state index contributed by atoms with van der Waals surface area (Å²) in [6.45, 7) is 6.41. The van der Waals surface area contributed by atoms with Gasteiger partial charge in [-0.25, -0.2) is 0 Å². The maximum absolute atomic E-state index is 2.24. The molecular formula is C17H18. The van der Waals surface area contributed by atoms with Crippen LogP contribution in [0.15, 0.2) is 54.6 Å². The first-order valence-electron chi connectivity index (χ1n) is 6.01. The summed E-state index contributed by atoms with van der Waals surface area (Å²) in [4.78, 5) is 0. The molecule has 0 saturated carbocycles. The number of rotatable bonds is 2. The summed E-state index contributed by atoms with van der Waals surface area (Å²) in [5.74, 6) is 0. The molecule has 0 aliphatic heterocycles. The van der Waals surface area contributed by atoms with Crippen LogP contribution >= 0.6 is 0 Å². The molecule has 0 nitrogen and oxygen atoms in total. The summed E-state index contributed by atoms with van der Waals surface area (Å²) in [5, 5.41) is 0. The average Bonchev–Trinajstić information content (AvgIpc) is 2.34. The summed E-state index contributed by atoms with van der Waals surface area (Å²) < 4.78 is 0. The monoisotopic (exact) mass is 222 g/mol. The van der Waals surface area contributed by atoms with Gasteiger partial charge in [-0.2, -0.15) is 0 Å². The second-order valence-electron chi connectivity index (χ2n) is 4.39. The summed E-state index contributed by atoms with van der Waals surface area (Å²) in [7, 11) is 0. The topological polar surface area (TPSA) is 0 Å². The number of allylic oxidation sites excluding steroid dienone is 1. The van der Waals surface area contributed by atoms with E-state index in [1.165, 1.54) is 27.8 Å². The number of benzene rings is 2. The predicted octanol–water partition coefficient (Wildman–Crippen LogP) is 4.76. The fraction of sp³-hybridized carbons (Fsp3) is 0.176. The van der Waals surface area contributed by atoms with E-state index in [-0.39, 0.29) is 0 Å². The highest BCUT2D eigenvalue weighted by molar-refractivity contribution is 5.81. The normalized spacial score (nSPS) is 11.6. The number of hydrogen-bond donors (Lipinski definition) is 0. The molecule has 0 fully saturated rings. The van der Waals surface area contributed by atoms with Crippen molar-refractivity contribution in [2.75, 3.05) is 0 Å². The van der Waals surface area contributed by atoms with Crippen molar-refractivity contribution in [2.45, 2.75) is 20.8 Å². The van der Waals surface area contributed by atoms with Crippen LogP contribution < -0.4 is 0 Å². The van der Waals surface area contributed by atoms with Crippen molar-refractivity contribution < 1.29 is 0 Å². The van der Waals surface area contributed by atoms with Gasteiger partial charge in [0.15, 0.2) is 0 Å². The smallest absolute Gasteiger partial charge is 0.0152 e. The van der Waals surface area contributed by atoms with Crippen molar-refractivity contribution in [3.8, 4) is 0 Å². The largest absolute Gasteiger partial charge is 0.0792 e. The molecule has 0 unspecified atom stereocenters. The van der Waals surface area contributed by atoms with Gasteiger partial charge in [-0.1, -0.05) is 60.2 Å². The lowest BCUT2D eigenvalue weighted by molar-refractivity contribution is 1.35. The molecule has 0 aliphatic carbocycles. The van der Waals surface area contributed by atoms with Crippen molar-refractivity contribution in [3.63, 3.8) is 0 Å². The van der Waals surface area contributed by atoms with Crippen LogP contribution in [0.5, 0.6) is 0 Å². The molecule has 2 aromatic rings. The lowest BCUT2D eigenvalue weighted by Crippen LogP contribution is -1.91. The Kier molecular flexibility index (Phi) is 3.43. The zero-order valence-electron chi connectivity index (χ0n) is 10.7. The van der Waals surface area contributed by atoms with Gasteiger partial charge in [0, 0.05) is 0 Å². The highest BCUT2D eigenvalue weighted by Crippen LogP contribution is 2.26. The van der Waals surface area contributed by atoms with Crippen molar-refractivity contribution in [1.82, 2.24) is 0 Å². The summed E-state index contributed by atoms with van der Waals surface area (Å²) in [5.41, 5.74) is 6.56. The van der Waals surface area contributed by atoms with Crippen LogP contribution in [0.4, 0.5) is 0 Å². The summed E-state index contributed by atoms with van der Waals surface area (Å²) >= 11 is 0. The van der Waals surface area contributed by atoms with E-state index in [1.54, 1.807) is 0 Å². The Morgan fingerprint density at radius 2 is 1.65 bits per heavy atom. The zero-order valence-corrected chi connectivity index (χ0v) is 10.7. The van der Waals surface area contributed by atoms with Gasteiger partial charge in [-0.05, 0) is 43.0 Å². The van der Waals surface area contributed by atoms with Gasteiger partial charge in [0.1, 0.15) is 0 Å². The van der Waals surface area contributed by atoms with Crippen LogP contribution in [0.2, 0.25) is 0 Å². The lowest BCUT2D eigenvalue weighted by atomic mass is 9.93. The van der Waals surface area contributed by atoms with Crippen molar-refractivity contribution in [3.05, 3.63) is 76.9 Å². The molecule has 0 spiro atoms. The Labute approximate surface area is 104 Å². The van der Waals surface area contributed by atoms with Crippen LogP contribution in [0, 0.1) is 13.8 Å². The van der Waals surface area contributed by atoms with Crippen LogP contribution in [0.25, 0.3) is 5.57 Å². The Hall–Kier alpha value is -1.82. The molecule has 0 amide bonds. The maximum atomic E-state index is 2.24. The van der Waals surface area contributed by atoms with E-state index < -0.39 is 0 Å². The number of aryl methyl sites for hydroxylation is 2. The van der Waals surface area contributed by atoms with E-state index in [9.17, 15) is 0 Å². The van der Waals surface area contributed by atoms with E-state index in [4.69, 9.17) is 0 Å². The molecule has 86 valence electrons. The molecule has 0 bridgehead atoms. The van der Waals surface area contributed by atoms with E-state index >= 15 is 0 Å². The Morgan fingerprint density at radius 1 is 0.941 bits per heavy atom. The molecule has 17 heavy (non-hydrogen) atoms. The first-order chi connectivity index (χ1) is 8.22. The summed E-state index contributed by atoms with van der Waals surface area (Å²) in [6.07, 6.45) is 2.19. The molecule has 0 aromatic heterocycles. The summed E-state index contributed by atoms with van der Waals surface area (Å²) in [6, 6.07) is 17.2. The SMILES string of the molecule is C/C=C(/c1ccccc1)c1ccc(C)cc1C. The number of hydrogen-bond acceptors (Lipinski definition) is 0. The van der Waals surface area contributed by atoms with Gasteiger partial charge < -0.3 is 0 Å². The molecule has 0 heteroatoms. The second kappa shape index (κ2) is 5.01. The van der Waals surface area contributed by atoms with Gasteiger partial charge in [0.05, 0.1) is 0 Å². The average molecular weight is 222 g/mol. The quantitative estimate of drug-likeness (QED) is 0.687. The highest BCUT2D eigenvalue weighted by atomic mass is 14.1. The molecule has 0 radical (unpaired) electrons. The van der Waals surface area contributed by atoms with Crippen LogP contribution in [-0.2, 0) is 0 Å². The van der Waals surface area contributed by atoms with Gasteiger partial charge in [-0.3, -0.25) is 0 Å². The van der Waals surface area contributed by atoms with Gasteiger partial charge >= 0.3 is 0 Å². The van der Waals surface area contributed by atoms with Crippen LogP contribution in [0.1, 0.15) is 29.2 Å². The Morgan fingerprint density at radius 3 is 2.24 bits per heavy atom. The molecule has 0 atom stereocenters. The van der Waals surface area contributed by atoms with Crippen LogP contribution in [0.3, 0.4) is 0 Å². The lowest BCUT2D eigenvalue weighted by Gasteiger charge is -2.11. The fourth-order valence-electron chi connectivity index (χ4n) is 2.21. The molecule has 0 N–H and O–H groups in total. The molecule has 0 heterocycles. The third kappa shape index (κ3) is 2.47. The molecule has 0 aliphatic rings. The predicted molar refractivity (Wildman–Crippen MR) is 75.1 cm³/mol. The minimum atomic E-state index is 1.28. The Bertz CT molecular complexity index is 533. The standard InChI is InChI=1S/C17H18/c1-4-16(15-8-6-5-7-9-15)17-11-10-13(2)12-14(17)3/h4-12H,1-3H3/b16-4-. The first kappa shape index (κ1) is 11.7. The van der Waals surface area contributed by atoms with Gasteiger partial charge in [0.25, 0.3) is 0 Å². The third-order valence-corrected chi connectivity index (χ3v) is 3.05. The second-order valence-corrected chi connectivity index (χ2v) is 4.39. The third-order valence-electron chi connectivity index (χ3n) is 3.05. The van der Waals surface area contributed by atoms with E-state index in [0.29, 0.717) is 0 Å². The van der Waals surface area contributed by atoms with E-state index in [1.807, 2.05) is 0 Å². The van der Waals surface area contributed by atoms with Crippen molar-refractivity contribution in [1.29, 1.82) is 0 Å². The van der Waals surface area contributed by atoms with Crippen molar-refractivity contribution >= 4 is 5.57 Å². The first-order valence-corrected chi connectivity index (χ1v) is 6.01. The minimum absolute atomic E-state index is 1.28. The highest BCUT2D eigenvalue weighted by Gasteiger charge is 2.06. The minimum Gasteiger partial charge on any atom is -0.0792 e. The van der Waals surface area contributed by atoms with Crippen molar-refractivity contribution in [2.24, 2.45) is 0 Å². The Balaban J connectivity index is 2.51. The zero-order chi connectivity index (χ0) is 12.3. The van der Waals surface area contributed by atoms with Gasteiger partial charge in [-0.15, -0.1) is 0 Å². The molecule has 2 rings (SSSR count). The fourth-order valence-corrected chi connectivity index (χ4v) is 2.21. The molecule has 2 aromatic carbocycles. The maximum Gasteiger partial charge on any atom is -0.0152 e. The van der Waals surface area contributed by atoms with E-state index in [0.717, 1.165) is 0 Å². The van der Waals surface area contributed by atoms with E-state index in [2.05, 4.69) is 75.4 Å².